The lowest BCUT2D eigenvalue weighted by Crippen LogP contribution is -2.13. The smallest absolute Gasteiger partial charge is 0.344 e. The molecule has 2 aromatic heterocycles. The van der Waals surface area contributed by atoms with Crippen LogP contribution in [0.3, 0.4) is 0 Å². The molecule has 0 radical (unpaired) electrons. The van der Waals surface area contributed by atoms with Crippen LogP contribution >= 0.6 is 11.3 Å². The van der Waals surface area contributed by atoms with Gasteiger partial charge < -0.3 is 9.73 Å². The first-order chi connectivity index (χ1) is 17.5. The second-order valence-electron chi connectivity index (χ2n) is 8.53. The van der Waals surface area contributed by atoms with Crippen LogP contribution in [0.25, 0.3) is 42.9 Å². The standard InChI is InChI=1S/C30H20N2O3S/c1-18-10-11-22(29-32-24-7-3-5-9-27(24)36-29)17-25(18)31-28(33)20-14-12-19(13-15-20)23-16-21-6-2-4-8-26(21)35-30(23)34/h2-17H,1H3,(H,31,33). The third-order valence-corrected chi connectivity index (χ3v) is 7.21. The van der Waals surface area contributed by atoms with Gasteiger partial charge in [0.1, 0.15) is 10.6 Å². The van der Waals surface area contributed by atoms with Crippen molar-refractivity contribution in [1.82, 2.24) is 4.98 Å². The molecule has 5 nitrogen and oxygen atoms in total. The summed E-state index contributed by atoms with van der Waals surface area (Å²) >= 11 is 1.62. The van der Waals surface area contributed by atoms with E-state index >= 15 is 0 Å². The molecule has 4 aromatic carbocycles. The van der Waals surface area contributed by atoms with E-state index in [1.165, 1.54) is 0 Å². The highest BCUT2D eigenvalue weighted by molar-refractivity contribution is 7.21. The fourth-order valence-corrected chi connectivity index (χ4v) is 5.11. The van der Waals surface area contributed by atoms with Gasteiger partial charge in [0.05, 0.1) is 15.8 Å². The number of anilines is 1. The Balaban J connectivity index is 1.26. The molecule has 36 heavy (non-hydrogen) atoms. The van der Waals surface area contributed by atoms with E-state index in [0.29, 0.717) is 22.3 Å². The molecule has 0 fully saturated rings. The largest absolute Gasteiger partial charge is 0.422 e. The molecule has 6 aromatic rings. The van der Waals surface area contributed by atoms with Crippen molar-refractivity contribution in [3.05, 3.63) is 119 Å². The summed E-state index contributed by atoms with van der Waals surface area (Å²) in [5, 5.41) is 4.78. The predicted molar refractivity (Wildman–Crippen MR) is 146 cm³/mol. The van der Waals surface area contributed by atoms with E-state index in [4.69, 9.17) is 9.40 Å². The van der Waals surface area contributed by atoms with E-state index in [1.54, 1.807) is 41.7 Å². The number of aryl methyl sites for hydroxylation is 1. The number of thiazole rings is 1. The molecule has 0 aliphatic carbocycles. The SMILES string of the molecule is Cc1ccc(-c2nc3ccccc3s2)cc1NC(=O)c1ccc(-c2cc3ccccc3oc2=O)cc1. The number of amides is 1. The fourth-order valence-electron chi connectivity index (χ4n) is 4.14. The highest BCUT2D eigenvalue weighted by Gasteiger charge is 2.13. The minimum absolute atomic E-state index is 0.225. The maximum Gasteiger partial charge on any atom is 0.344 e. The summed E-state index contributed by atoms with van der Waals surface area (Å²) in [5.74, 6) is -0.225. The Hall–Kier alpha value is -4.55. The molecule has 0 bridgehead atoms. The van der Waals surface area contributed by atoms with Crippen molar-refractivity contribution in [1.29, 1.82) is 0 Å². The van der Waals surface area contributed by atoms with Gasteiger partial charge in [-0.25, -0.2) is 9.78 Å². The number of carbonyl (C=O) groups excluding carboxylic acids is 1. The van der Waals surface area contributed by atoms with E-state index in [0.717, 1.165) is 37.4 Å². The van der Waals surface area contributed by atoms with Gasteiger partial charge in [-0.05, 0) is 60.5 Å². The summed E-state index contributed by atoms with van der Waals surface area (Å²) in [4.78, 5) is 30.3. The average Bonchev–Trinajstić information content (AvgIpc) is 3.34. The summed E-state index contributed by atoms with van der Waals surface area (Å²) in [6.07, 6.45) is 0. The second-order valence-corrected chi connectivity index (χ2v) is 9.56. The van der Waals surface area contributed by atoms with Crippen LogP contribution in [-0.4, -0.2) is 10.9 Å². The van der Waals surface area contributed by atoms with Crippen molar-refractivity contribution >= 4 is 44.1 Å². The molecule has 6 heteroatoms. The van der Waals surface area contributed by atoms with Crippen LogP contribution < -0.4 is 10.9 Å². The molecule has 0 unspecified atom stereocenters. The number of para-hydroxylation sites is 2. The Morgan fingerprint density at radius 2 is 1.61 bits per heavy atom. The molecule has 0 saturated heterocycles. The molecule has 0 aliphatic rings. The van der Waals surface area contributed by atoms with E-state index in [-0.39, 0.29) is 5.91 Å². The molecular weight excluding hydrogens is 468 g/mol. The Morgan fingerprint density at radius 3 is 2.44 bits per heavy atom. The van der Waals surface area contributed by atoms with Gasteiger partial charge in [0.2, 0.25) is 0 Å². The van der Waals surface area contributed by atoms with Crippen LogP contribution in [0.4, 0.5) is 5.69 Å². The molecule has 2 heterocycles. The number of benzene rings is 4. The quantitative estimate of drug-likeness (QED) is 0.264. The summed E-state index contributed by atoms with van der Waals surface area (Å²) < 4.78 is 6.57. The number of carbonyl (C=O) groups is 1. The molecule has 1 amide bonds. The summed E-state index contributed by atoms with van der Waals surface area (Å²) in [6, 6.07) is 30.2. The zero-order chi connectivity index (χ0) is 24.6. The molecule has 174 valence electrons. The minimum Gasteiger partial charge on any atom is -0.422 e. The number of hydrogen-bond acceptors (Lipinski definition) is 5. The van der Waals surface area contributed by atoms with Crippen molar-refractivity contribution in [3.63, 3.8) is 0 Å². The van der Waals surface area contributed by atoms with Crippen molar-refractivity contribution in [2.45, 2.75) is 6.92 Å². The number of rotatable bonds is 4. The number of aromatic nitrogens is 1. The van der Waals surface area contributed by atoms with E-state index < -0.39 is 5.63 Å². The molecule has 0 aliphatic heterocycles. The summed E-state index contributed by atoms with van der Waals surface area (Å²) in [7, 11) is 0. The van der Waals surface area contributed by atoms with Crippen LogP contribution in [0.1, 0.15) is 15.9 Å². The first kappa shape index (κ1) is 21.9. The highest BCUT2D eigenvalue weighted by atomic mass is 32.1. The molecule has 0 atom stereocenters. The first-order valence-electron chi connectivity index (χ1n) is 11.5. The van der Waals surface area contributed by atoms with Gasteiger partial charge in [-0.2, -0.15) is 0 Å². The maximum atomic E-state index is 13.0. The van der Waals surface area contributed by atoms with Crippen molar-refractivity contribution in [2.24, 2.45) is 0 Å². The summed E-state index contributed by atoms with van der Waals surface area (Å²) in [5.41, 5.74) is 5.39. The monoisotopic (exact) mass is 488 g/mol. The first-order valence-corrected chi connectivity index (χ1v) is 12.3. The number of nitrogens with zero attached hydrogens (tertiary/aromatic N) is 1. The third kappa shape index (κ3) is 4.08. The molecule has 0 spiro atoms. The zero-order valence-corrected chi connectivity index (χ0v) is 20.1. The lowest BCUT2D eigenvalue weighted by molar-refractivity contribution is 0.102. The van der Waals surface area contributed by atoms with Crippen molar-refractivity contribution in [3.8, 4) is 21.7 Å². The van der Waals surface area contributed by atoms with Gasteiger partial charge in [0.15, 0.2) is 0 Å². The van der Waals surface area contributed by atoms with Gasteiger partial charge >= 0.3 is 5.63 Å². The van der Waals surface area contributed by atoms with Crippen LogP contribution in [0, 0.1) is 6.92 Å². The molecule has 0 saturated carbocycles. The third-order valence-electron chi connectivity index (χ3n) is 6.13. The van der Waals surface area contributed by atoms with Crippen LogP contribution in [0.2, 0.25) is 0 Å². The molecule has 1 N–H and O–H groups in total. The lowest BCUT2D eigenvalue weighted by Gasteiger charge is -2.10. The summed E-state index contributed by atoms with van der Waals surface area (Å²) in [6.45, 7) is 1.96. The van der Waals surface area contributed by atoms with Crippen LogP contribution in [-0.2, 0) is 0 Å². The molecular formula is C30H20N2O3S. The van der Waals surface area contributed by atoms with Gasteiger partial charge in [-0.1, -0.05) is 54.6 Å². The van der Waals surface area contributed by atoms with Crippen molar-refractivity contribution in [2.75, 3.05) is 5.32 Å². The topological polar surface area (TPSA) is 72.2 Å². The minimum atomic E-state index is -0.409. The van der Waals surface area contributed by atoms with Gasteiger partial charge in [0.25, 0.3) is 5.91 Å². The Morgan fingerprint density at radius 1 is 0.861 bits per heavy atom. The Bertz CT molecular complexity index is 1780. The molecule has 6 rings (SSSR count). The van der Waals surface area contributed by atoms with Crippen molar-refractivity contribution < 1.29 is 9.21 Å². The van der Waals surface area contributed by atoms with Crippen LogP contribution in [0.5, 0.6) is 0 Å². The van der Waals surface area contributed by atoms with Gasteiger partial charge in [0, 0.05) is 22.2 Å². The Labute approximate surface area is 210 Å². The highest BCUT2D eigenvalue weighted by Crippen LogP contribution is 2.32. The lowest BCUT2D eigenvalue weighted by atomic mass is 10.0. The second kappa shape index (κ2) is 8.91. The maximum absolute atomic E-state index is 13.0. The average molecular weight is 489 g/mol. The fraction of sp³-hybridized carbons (Fsp3) is 0.0333. The van der Waals surface area contributed by atoms with Gasteiger partial charge in [-0.3, -0.25) is 4.79 Å². The van der Waals surface area contributed by atoms with E-state index in [2.05, 4.69) is 11.4 Å². The predicted octanol–water partition coefficient (Wildman–Crippen LogP) is 7.30. The Kier molecular flexibility index (Phi) is 5.43. The number of fused-ring (bicyclic) bond motifs is 2. The van der Waals surface area contributed by atoms with Gasteiger partial charge in [-0.15, -0.1) is 11.3 Å². The zero-order valence-electron chi connectivity index (χ0n) is 19.3. The van der Waals surface area contributed by atoms with E-state index in [9.17, 15) is 9.59 Å². The van der Waals surface area contributed by atoms with Crippen LogP contribution in [0.15, 0.2) is 106 Å². The normalized spacial score (nSPS) is 11.1. The number of nitrogens with one attached hydrogen (secondary N) is 1. The van der Waals surface area contributed by atoms with E-state index in [1.807, 2.05) is 67.6 Å². The number of hydrogen-bond donors (Lipinski definition) is 1.